The van der Waals surface area contributed by atoms with Crippen molar-refractivity contribution in [2.24, 2.45) is 5.41 Å². The third kappa shape index (κ3) is 3.42. The molecule has 0 bridgehead atoms. The maximum Gasteiger partial charge on any atom is 0.143 e. The molecule has 0 aliphatic rings. The van der Waals surface area contributed by atoms with Crippen LogP contribution in [-0.2, 0) is 0 Å². The molecule has 0 fully saturated rings. The normalized spacial score (nSPS) is 11.6. The highest BCUT2D eigenvalue weighted by Gasteiger charge is 2.16. The molecular weight excluding hydrogens is 266 g/mol. The molecule has 2 aromatic rings. The summed E-state index contributed by atoms with van der Waals surface area (Å²) in [5.74, 6) is 0. The molecule has 1 heterocycles. The second kappa shape index (κ2) is 5.54. The molecule has 2 rings (SSSR count). The van der Waals surface area contributed by atoms with Crippen molar-refractivity contribution in [2.45, 2.75) is 13.8 Å². The number of rotatable bonds is 5. The number of tetrazole rings is 1. The predicted molar refractivity (Wildman–Crippen MR) is 73.5 cm³/mol. The first-order valence-corrected chi connectivity index (χ1v) is 6.27. The highest BCUT2D eigenvalue weighted by Crippen LogP contribution is 2.26. The summed E-state index contributed by atoms with van der Waals surface area (Å²) in [6.45, 7) is 4.66. The van der Waals surface area contributed by atoms with Gasteiger partial charge in [0.25, 0.3) is 0 Å². The first-order chi connectivity index (χ1) is 9.02. The summed E-state index contributed by atoms with van der Waals surface area (Å²) in [6.07, 6.45) is 1.52. The lowest BCUT2D eigenvalue weighted by Gasteiger charge is -2.23. The van der Waals surface area contributed by atoms with Gasteiger partial charge in [-0.1, -0.05) is 25.4 Å². The van der Waals surface area contributed by atoms with Crippen LogP contribution in [0.4, 0.5) is 5.69 Å². The lowest BCUT2D eigenvalue weighted by molar-refractivity contribution is 0.171. The Bertz CT molecular complexity index is 541. The predicted octanol–water partition coefficient (Wildman–Crippen LogP) is 1.75. The largest absolute Gasteiger partial charge is 0.396 e. The van der Waals surface area contributed by atoms with Gasteiger partial charge in [0.1, 0.15) is 6.33 Å². The van der Waals surface area contributed by atoms with Crippen LogP contribution in [0.5, 0.6) is 0 Å². The summed E-state index contributed by atoms with van der Waals surface area (Å²) in [4.78, 5) is 0. The number of hydrogen-bond acceptors (Lipinski definition) is 5. The van der Waals surface area contributed by atoms with Gasteiger partial charge in [-0.2, -0.15) is 0 Å². The fourth-order valence-corrected chi connectivity index (χ4v) is 1.65. The van der Waals surface area contributed by atoms with E-state index in [9.17, 15) is 5.11 Å². The van der Waals surface area contributed by atoms with Gasteiger partial charge in [0.05, 0.1) is 16.4 Å². The van der Waals surface area contributed by atoms with Crippen LogP contribution in [0.25, 0.3) is 5.69 Å². The Kier molecular flexibility index (Phi) is 4.01. The molecule has 102 valence electrons. The van der Waals surface area contributed by atoms with Gasteiger partial charge in [0, 0.05) is 18.6 Å². The van der Waals surface area contributed by atoms with E-state index < -0.39 is 0 Å². The molecular formula is C12H16ClN5O. The van der Waals surface area contributed by atoms with E-state index in [4.69, 9.17) is 11.6 Å². The Morgan fingerprint density at radius 2 is 2.21 bits per heavy atom. The molecule has 0 saturated heterocycles. The first-order valence-electron chi connectivity index (χ1n) is 5.89. The second-order valence-corrected chi connectivity index (χ2v) is 5.50. The minimum atomic E-state index is -0.214. The number of halogens is 1. The standard InChI is InChI=1S/C12H16ClN5O/c1-12(2,7-19)6-14-11-5-9(3-4-10(11)13)18-8-15-16-17-18/h3-5,8,14,19H,6-7H2,1-2H3. The van der Waals surface area contributed by atoms with Crippen LogP contribution in [0.2, 0.25) is 5.02 Å². The Morgan fingerprint density at radius 1 is 1.42 bits per heavy atom. The second-order valence-electron chi connectivity index (χ2n) is 5.09. The highest BCUT2D eigenvalue weighted by atomic mass is 35.5. The number of aliphatic hydroxyl groups is 1. The van der Waals surface area contributed by atoms with Crippen molar-refractivity contribution >= 4 is 17.3 Å². The van der Waals surface area contributed by atoms with Crippen molar-refractivity contribution in [2.75, 3.05) is 18.5 Å². The maximum atomic E-state index is 9.24. The molecule has 1 aromatic carbocycles. The van der Waals surface area contributed by atoms with Crippen molar-refractivity contribution in [3.05, 3.63) is 29.5 Å². The third-order valence-corrected chi connectivity index (χ3v) is 3.08. The van der Waals surface area contributed by atoms with Crippen molar-refractivity contribution < 1.29 is 5.11 Å². The van der Waals surface area contributed by atoms with Gasteiger partial charge in [0.2, 0.25) is 0 Å². The van der Waals surface area contributed by atoms with E-state index in [2.05, 4.69) is 20.8 Å². The van der Waals surface area contributed by atoms with E-state index >= 15 is 0 Å². The number of aliphatic hydroxyl groups excluding tert-OH is 1. The molecule has 0 spiro atoms. The summed E-state index contributed by atoms with van der Waals surface area (Å²) < 4.78 is 1.55. The number of aromatic nitrogens is 4. The summed E-state index contributed by atoms with van der Waals surface area (Å²) in [5.41, 5.74) is 1.39. The van der Waals surface area contributed by atoms with Gasteiger partial charge >= 0.3 is 0 Å². The molecule has 0 amide bonds. The quantitative estimate of drug-likeness (QED) is 0.873. The van der Waals surface area contributed by atoms with Crippen LogP contribution in [0.15, 0.2) is 24.5 Å². The van der Waals surface area contributed by atoms with E-state index in [1.807, 2.05) is 26.0 Å². The summed E-state index contributed by atoms with van der Waals surface area (Å²) in [6, 6.07) is 5.49. The lowest BCUT2D eigenvalue weighted by Crippen LogP contribution is -2.26. The van der Waals surface area contributed by atoms with Crippen LogP contribution < -0.4 is 5.32 Å². The number of nitrogens with zero attached hydrogens (tertiary/aromatic N) is 4. The number of benzene rings is 1. The highest BCUT2D eigenvalue weighted by molar-refractivity contribution is 6.33. The molecule has 0 aliphatic heterocycles. The smallest absolute Gasteiger partial charge is 0.143 e. The molecule has 0 saturated carbocycles. The van der Waals surface area contributed by atoms with Crippen molar-refractivity contribution in [1.82, 2.24) is 20.2 Å². The van der Waals surface area contributed by atoms with Gasteiger partial charge in [-0.3, -0.25) is 0 Å². The van der Waals surface area contributed by atoms with Crippen molar-refractivity contribution in [3.8, 4) is 5.69 Å². The minimum absolute atomic E-state index is 0.101. The molecule has 7 heteroatoms. The molecule has 2 N–H and O–H groups in total. The Morgan fingerprint density at radius 3 is 2.84 bits per heavy atom. The van der Waals surface area contributed by atoms with Gasteiger partial charge in [-0.05, 0) is 28.6 Å². The van der Waals surface area contributed by atoms with Crippen LogP contribution in [0.1, 0.15) is 13.8 Å². The van der Waals surface area contributed by atoms with E-state index in [0.717, 1.165) is 11.4 Å². The summed E-state index contributed by atoms with van der Waals surface area (Å²) >= 11 is 6.14. The molecule has 0 aliphatic carbocycles. The topological polar surface area (TPSA) is 75.9 Å². The van der Waals surface area contributed by atoms with Crippen LogP contribution >= 0.6 is 11.6 Å². The molecule has 6 nitrogen and oxygen atoms in total. The monoisotopic (exact) mass is 281 g/mol. The van der Waals surface area contributed by atoms with Gasteiger partial charge in [-0.15, -0.1) is 5.10 Å². The fraction of sp³-hybridized carbons (Fsp3) is 0.417. The van der Waals surface area contributed by atoms with Crippen molar-refractivity contribution in [3.63, 3.8) is 0 Å². The van der Waals surface area contributed by atoms with Gasteiger partial charge in [0.15, 0.2) is 0 Å². The zero-order valence-corrected chi connectivity index (χ0v) is 11.6. The molecule has 19 heavy (non-hydrogen) atoms. The Labute approximate surface area is 116 Å². The number of nitrogens with one attached hydrogen (secondary N) is 1. The molecule has 0 unspecified atom stereocenters. The fourth-order valence-electron chi connectivity index (χ4n) is 1.46. The molecule has 0 atom stereocenters. The lowest BCUT2D eigenvalue weighted by atomic mass is 9.95. The zero-order chi connectivity index (χ0) is 13.9. The zero-order valence-electron chi connectivity index (χ0n) is 10.8. The number of hydrogen-bond donors (Lipinski definition) is 2. The Hall–Kier alpha value is -1.66. The average Bonchev–Trinajstić information content (AvgIpc) is 2.92. The van der Waals surface area contributed by atoms with E-state index in [0.29, 0.717) is 11.6 Å². The summed E-state index contributed by atoms with van der Waals surface area (Å²) in [5, 5.41) is 24.1. The van der Waals surface area contributed by atoms with E-state index in [1.165, 1.54) is 6.33 Å². The summed E-state index contributed by atoms with van der Waals surface area (Å²) in [7, 11) is 0. The number of anilines is 1. The molecule has 0 radical (unpaired) electrons. The van der Waals surface area contributed by atoms with Crippen molar-refractivity contribution in [1.29, 1.82) is 0 Å². The first kappa shape index (κ1) is 13.8. The SMILES string of the molecule is CC(C)(CO)CNc1cc(-n2cnnn2)ccc1Cl. The van der Waals surface area contributed by atoms with E-state index in [1.54, 1.807) is 10.7 Å². The maximum absolute atomic E-state index is 9.24. The third-order valence-electron chi connectivity index (χ3n) is 2.75. The van der Waals surface area contributed by atoms with Crippen LogP contribution in [-0.4, -0.2) is 38.5 Å². The Balaban J connectivity index is 2.19. The van der Waals surface area contributed by atoms with Gasteiger partial charge in [-0.25, -0.2) is 4.68 Å². The molecule has 1 aromatic heterocycles. The minimum Gasteiger partial charge on any atom is -0.396 e. The van der Waals surface area contributed by atoms with Gasteiger partial charge < -0.3 is 10.4 Å². The van der Waals surface area contributed by atoms with E-state index in [-0.39, 0.29) is 12.0 Å². The average molecular weight is 282 g/mol. The van der Waals surface area contributed by atoms with Crippen LogP contribution in [0.3, 0.4) is 0 Å². The van der Waals surface area contributed by atoms with Crippen LogP contribution in [0, 0.1) is 5.41 Å².